The number of hydrogen-bond acceptors (Lipinski definition) is 5. The largest absolute Gasteiger partial charge is 0.496 e. The Labute approximate surface area is 195 Å². The monoisotopic (exact) mass is 442 g/mol. The number of aryl methyl sites for hydroxylation is 1. The molecule has 2 aromatic carbocycles. The first kappa shape index (κ1) is 24.1. The third-order valence-corrected chi connectivity index (χ3v) is 5.38. The van der Waals surface area contributed by atoms with Gasteiger partial charge in [-0.3, -0.25) is 9.78 Å². The molecule has 4 rings (SSSR count). The average Bonchev–Trinajstić information content (AvgIpc) is 2.87. The number of hydrogen-bond donors (Lipinski definition) is 1. The number of pyridine rings is 2. The predicted molar refractivity (Wildman–Crippen MR) is 134 cm³/mol. The quantitative estimate of drug-likeness (QED) is 0.349. The van der Waals surface area contributed by atoms with Crippen LogP contribution in [0.5, 0.6) is 5.75 Å². The maximum atomic E-state index is 12.2. The van der Waals surface area contributed by atoms with Crippen molar-refractivity contribution in [3.63, 3.8) is 0 Å². The molecule has 2 heterocycles. The number of carbonyl (C=O) groups is 1. The second-order valence-electron chi connectivity index (χ2n) is 7.44. The zero-order valence-electron chi connectivity index (χ0n) is 19.6. The molecule has 2 aromatic heterocycles. The summed E-state index contributed by atoms with van der Waals surface area (Å²) in [6, 6.07) is 18.0. The normalized spacial score (nSPS) is 10.5. The lowest BCUT2D eigenvalue weighted by atomic mass is 9.98. The smallest absolute Gasteiger partial charge is 0.160 e. The fraction of sp³-hybridized carbons (Fsp3) is 0.250. The van der Waals surface area contributed by atoms with E-state index in [2.05, 4.69) is 29.2 Å². The van der Waals surface area contributed by atoms with E-state index in [-0.39, 0.29) is 12.4 Å². The van der Waals surface area contributed by atoms with Crippen LogP contribution in [0, 0.1) is 0 Å². The average molecular weight is 443 g/mol. The van der Waals surface area contributed by atoms with E-state index in [0.29, 0.717) is 17.0 Å². The maximum absolute atomic E-state index is 12.2. The number of ether oxygens (including phenoxy) is 1. The van der Waals surface area contributed by atoms with Crippen LogP contribution in [0.3, 0.4) is 0 Å². The number of aromatic nitrogens is 2. The van der Waals surface area contributed by atoms with Gasteiger partial charge in [0.1, 0.15) is 5.75 Å². The first-order valence-electron chi connectivity index (χ1n) is 11.2. The van der Waals surface area contributed by atoms with Crippen molar-refractivity contribution in [2.75, 3.05) is 13.7 Å². The van der Waals surface area contributed by atoms with E-state index in [9.17, 15) is 4.79 Å². The Morgan fingerprint density at radius 3 is 2.39 bits per heavy atom. The van der Waals surface area contributed by atoms with Crippen molar-refractivity contribution in [2.24, 2.45) is 0 Å². The van der Waals surface area contributed by atoms with Crippen LogP contribution in [0.4, 0.5) is 0 Å². The van der Waals surface area contributed by atoms with Crippen LogP contribution in [-0.4, -0.2) is 34.6 Å². The van der Waals surface area contributed by atoms with Crippen LogP contribution in [-0.2, 0) is 6.42 Å². The van der Waals surface area contributed by atoms with Crippen LogP contribution >= 0.6 is 0 Å². The second-order valence-corrected chi connectivity index (χ2v) is 7.44. The number of aliphatic hydroxyl groups is 1. The first-order chi connectivity index (χ1) is 16.1. The van der Waals surface area contributed by atoms with Gasteiger partial charge in [0.15, 0.2) is 5.78 Å². The summed E-state index contributed by atoms with van der Waals surface area (Å²) in [5.74, 6) is 0.663. The number of methoxy groups -OCH3 is 1. The molecule has 5 nitrogen and oxygen atoms in total. The molecular weight excluding hydrogens is 412 g/mol. The van der Waals surface area contributed by atoms with Gasteiger partial charge in [0.05, 0.1) is 18.3 Å². The van der Waals surface area contributed by atoms with Crippen molar-refractivity contribution in [3.8, 4) is 28.1 Å². The number of ketones is 1. The molecule has 0 aliphatic heterocycles. The molecule has 0 atom stereocenters. The molecule has 1 N–H and O–H groups in total. The summed E-state index contributed by atoms with van der Waals surface area (Å²) in [6.45, 7) is 5.75. The van der Waals surface area contributed by atoms with E-state index in [4.69, 9.17) is 14.8 Å². The minimum Gasteiger partial charge on any atom is -0.496 e. The van der Waals surface area contributed by atoms with Gasteiger partial charge in [-0.1, -0.05) is 44.2 Å². The predicted octanol–water partition coefficient (Wildman–Crippen LogP) is 6.13. The maximum Gasteiger partial charge on any atom is 0.160 e. The molecule has 0 aliphatic carbocycles. The van der Waals surface area contributed by atoms with Crippen molar-refractivity contribution in [2.45, 2.75) is 33.6 Å². The van der Waals surface area contributed by atoms with Crippen LogP contribution in [0.1, 0.15) is 43.1 Å². The summed E-state index contributed by atoms with van der Waals surface area (Å²) >= 11 is 0. The van der Waals surface area contributed by atoms with E-state index < -0.39 is 0 Å². The van der Waals surface area contributed by atoms with Gasteiger partial charge in [-0.2, -0.15) is 0 Å². The summed E-state index contributed by atoms with van der Waals surface area (Å²) < 4.78 is 5.69. The lowest BCUT2D eigenvalue weighted by Crippen LogP contribution is -1.99. The molecular formula is C28H30N2O3. The van der Waals surface area contributed by atoms with Crippen molar-refractivity contribution >= 4 is 16.7 Å². The highest BCUT2D eigenvalue weighted by atomic mass is 16.5. The van der Waals surface area contributed by atoms with E-state index in [1.807, 2.05) is 38.1 Å². The van der Waals surface area contributed by atoms with E-state index in [1.54, 1.807) is 32.5 Å². The molecule has 0 unspecified atom stereocenters. The Morgan fingerprint density at radius 2 is 1.73 bits per heavy atom. The number of carbonyl (C=O) groups excluding carboxylic acids is 1. The number of nitrogens with zero attached hydrogens (tertiary/aromatic N) is 2. The van der Waals surface area contributed by atoms with Gasteiger partial charge in [-0.15, -0.1) is 0 Å². The lowest BCUT2D eigenvalue weighted by molar-refractivity contribution is 0.101. The van der Waals surface area contributed by atoms with Crippen molar-refractivity contribution in [3.05, 3.63) is 78.1 Å². The molecule has 0 amide bonds. The second kappa shape index (κ2) is 11.3. The zero-order chi connectivity index (χ0) is 23.8. The molecule has 0 bridgehead atoms. The number of aliphatic hydroxyl groups excluding tert-OH is 1. The topological polar surface area (TPSA) is 72.3 Å². The van der Waals surface area contributed by atoms with Crippen LogP contribution in [0.15, 0.2) is 67.0 Å². The zero-order valence-corrected chi connectivity index (χ0v) is 19.6. The van der Waals surface area contributed by atoms with E-state index in [1.165, 1.54) is 5.56 Å². The molecule has 170 valence electrons. The number of rotatable bonds is 7. The Kier molecular flexibility index (Phi) is 8.28. The van der Waals surface area contributed by atoms with Gasteiger partial charge < -0.3 is 9.84 Å². The fourth-order valence-corrected chi connectivity index (χ4v) is 3.73. The molecule has 0 spiro atoms. The number of fused-ring (bicyclic) bond motifs is 1. The number of benzene rings is 2. The summed E-state index contributed by atoms with van der Waals surface area (Å²) in [5, 5.41) is 9.75. The highest BCUT2D eigenvalue weighted by molar-refractivity contribution is 6.07. The lowest BCUT2D eigenvalue weighted by Gasteiger charge is -2.13. The van der Waals surface area contributed by atoms with Gasteiger partial charge in [0, 0.05) is 35.5 Å². The van der Waals surface area contributed by atoms with Crippen LogP contribution in [0.2, 0.25) is 0 Å². The highest BCUT2D eigenvalue weighted by Crippen LogP contribution is 2.35. The first-order valence-corrected chi connectivity index (χ1v) is 11.2. The minimum atomic E-state index is -0.0291. The van der Waals surface area contributed by atoms with Crippen LogP contribution in [0.25, 0.3) is 33.3 Å². The fourth-order valence-electron chi connectivity index (χ4n) is 3.73. The summed E-state index contributed by atoms with van der Waals surface area (Å²) in [4.78, 5) is 21.1. The van der Waals surface area contributed by atoms with Crippen LogP contribution < -0.4 is 4.74 Å². The third kappa shape index (κ3) is 5.44. The molecule has 0 aliphatic rings. The van der Waals surface area contributed by atoms with Gasteiger partial charge in [0.25, 0.3) is 0 Å². The van der Waals surface area contributed by atoms with Gasteiger partial charge in [-0.25, -0.2) is 4.98 Å². The Hall–Kier alpha value is -3.57. The molecule has 0 fully saturated rings. The van der Waals surface area contributed by atoms with Crippen molar-refractivity contribution in [1.29, 1.82) is 0 Å². The summed E-state index contributed by atoms with van der Waals surface area (Å²) in [7, 11) is 1.64. The summed E-state index contributed by atoms with van der Waals surface area (Å²) in [5.41, 5.74) is 6.15. The molecule has 0 saturated heterocycles. The van der Waals surface area contributed by atoms with Crippen molar-refractivity contribution < 1.29 is 14.6 Å². The van der Waals surface area contributed by atoms with E-state index >= 15 is 0 Å². The summed E-state index contributed by atoms with van der Waals surface area (Å²) in [6.07, 6.45) is 4.97. The number of Topliss-reactive ketones (excluding diaryl/α,β-unsaturated/α-hetero) is 1. The molecule has 5 heteroatoms. The highest BCUT2D eigenvalue weighted by Gasteiger charge is 2.15. The van der Waals surface area contributed by atoms with Gasteiger partial charge in [0.2, 0.25) is 0 Å². The molecule has 4 aromatic rings. The molecule has 33 heavy (non-hydrogen) atoms. The SMILES string of the molecule is CC.COc1cc(-c2ccc(CCCO)cc2)ccc1-c1cc(C(C)=O)c2cnccc2n1. The van der Waals surface area contributed by atoms with E-state index in [0.717, 1.165) is 40.4 Å². The Morgan fingerprint density at radius 1 is 1.00 bits per heavy atom. The Bertz CT molecular complexity index is 1230. The standard InChI is InChI=1S/C26H24N2O3.C2H6/c1-17(30)22-15-25(28-24-11-12-27-16-23(22)24)21-10-9-20(14-26(21)31-2)19-7-5-18(6-8-19)4-3-13-29;1-2/h5-12,14-16,29H,3-4,13H2,1-2H3;1-2H3. The van der Waals surface area contributed by atoms with Crippen molar-refractivity contribution in [1.82, 2.24) is 9.97 Å². The minimum absolute atomic E-state index is 0.0291. The molecule has 0 radical (unpaired) electrons. The van der Waals surface area contributed by atoms with Gasteiger partial charge >= 0.3 is 0 Å². The Balaban J connectivity index is 0.00000149. The third-order valence-electron chi connectivity index (χ3n) is 5.38. The molecule has 0 saturated carbocycles. The van der Waals surface area contributed by atoms with Gasteiger partial charge in [-0.05, 0) is 60.7 Å².